The first-order valence-corrected chi connectivity index (χ1v) is 6.92. The van der Waals surface area contributed by atoms with Crippen molar-refractivity contribution in [1.82, 2.24) is 10.1 Å². The molecule has 4 nitrogen and oxygen atoms in total. The van der Waals surface area contributed by atoms with Crippen LogP contribution in [-0.4, -0.2) is 16.7 Å². The molecule has 0 amide bonds. The lowest BCUT2D eigenvalue weighted by molar-refractivity contribution is 0.256. The van der Waals surface area contributed by atoms with Gasteiger partial charge in [-0.15, -0.1) is 11.6 Å². The lowest BCUT2D eigenvalue weighted by atomic mass is 9.93. The van der Waals surface area contributed by atoms with E-state index in [-0.39, 0.29) is 11.3 Å². The highest BCUT2D eigenvalue weighted by Crippen LogP contribution is 2.37. The quantitative estimate of drug-likeness (QED) is 0.804. The molecule has 1 aromatic heterocycles. The largest absolute Gasteiger partial charge is 0.493 e. The third kappa shape index (κ3) is 2.32. The van der Waals surface area contributed by atoms with Crippen LogP contribution in [0, 0.1) is 0 Å². The van der Waals surface area contributed by atoms with E-state index in [1.165, 1.54) is 0 Å². The number of para-hydroxylation sites is 1. The van der Waals surface area contributed by atoms with E-state index < -0.39 is 0 Å². The Morgan fingerprint density at radius 1 is 1.42 bits per heavy atom. The summed E-state index contributed by atoms with van der Waals surface area (Å²) in [5, 5.41) is 3.79. The zero-order valence-electron chi connectivity index (χ0n) is 10.7. The van der Waals surface area contributed by atoms with Gasteiger partial charge in [-0.25, -0.2) is 0 Å². The first-order valence-electron chi connectivity index (χ1n) is 6.49. The highest BCUT2D eigenvalue weighted by atomic mass is 35.5. The van der Waals surface area contributed by atoms with Crippen molar-refractivity contribution in [1.29, 1.82) is 0 Å². The van der Waals surface area contributed by atoms with Crippen LogP contribution in [0.15, 0.2) is 28.8 Å². The molecule has 0 aliphatic carbocycles. The molecule has 2 atom stereocenters. The summed E-state index contributed by atoms with van der Waals surface area (Å²) in [6.45, 7) is 2.66. The molecule has 0 N–H and O–H groups in total. The number of ether oxygens (including phenoxy) is 1. The molecule has 0 bridgehead atoms. The Kier molecular flexibility index (Phi) is 3.42. The SMILES string of the molecule is CCC(Cl)c1noc(C2CCOc3ccccc32)n1. The van der Waals surface area contributed by atoms with Gasteiger partial charge < -0.3 is 9.26 Å². The summed E-state index contributed by atoms with van der Waals surface area (Å²) in [6, 6.07) is 7.97. The number of hydrogen-bond acceptors (Lipinski definition) is 4. The second kappa shape index (κ2) is 5.21. The molecule has 0 saturated heterocycles. The smallest absolute Gasteiger partial charge is 0.234 e. The standard InChI is InChI=1S/C14H15ClN2O2/c1-2-11(15)13-16-14(19-17-13)10-7-8-18-12-6-4-3-5-9(10)12/h3-6,10-11H,2,7-8H2,1H3. The van der Waals surface area contributed by atoms with Crippen LogP contribution in [0.2, 0.25) is 0 Å². The minimum Gasteiger partial charge on any atom is -0.493 e. The molecular formula is C14H15ClN2O2. The van der Waals surface area contributed by atoms with Crippen LogP contribution < -0.4 is 4.74 Å². The number of aromatic nitrogens is 2. The Balaban J connectivity index is 1.93. The highest BCUT2D eigenvalue weighted by molar-refractivity contribution is 6.20. The predicted molar refractivity (Wildman–Crippen MR) is 71.6 cm³/mol. The lowest BCUT2D eigenvalue weighted by Crippen LogP contribution is -2.15. The number of halogens is 1. The topological polar surface area (TPSA) is 48.2 Å². The molecule has 2 unspecified atom stereocenters. The molecule has 3 rings (SSSR count). The first kappa shape index (κ1) is 12.5. The normalized spacial score (nSPS) is 19.6. The third-order valence-corrected chi connectivity index (χ3v) is 3.86. The zero-order chi connectivity index (χ0) is 13.2. The van der Waals surface area contributed by atoms with Gasteiger partial charge >= 0.3 is 0 Å². The molecule has 1 aliphatic rings. The fraction of sp³-hybridized carbons (Fsp3) is 0.429. The van der Waals surface area contributed by atoms with Crippen LogP contribution in [0.3, 0.4) is 0 Å². The highest BCUT2D eigenvalue weighted by Gasteiger charge is 2.28. The average molecular weight is 279 g/mol. The second-order valence-electron chi connectivity index (χ2n) is 4.59. The Bertz CT molecular complexity index is 570. The summed E-state index contributed by atoms with van der Waals surface area (Å²) in [7, 11) is 0. The summed E-state index contributed by atoms with van der Waals surface area (Å²) in [5.41, 5.74) is 1.10. The van der Waals surface area contributed by atoms with Gasteiger partial charge in [0.2, 0.25) is 5.89 Å². The summed E-state index contributed by atoms with van der Waals surface area (Å²) in [5.74, 6) is 2.20. The second-order valence-corrected chi connectivity index (χ2v) is 5.12. The van der Waals surface area contributed by atoms with E-state index in [9.17, 15) is 0 Å². The van der Waals surface area contributed by atoms with Gasteiger partial charge in [0.15, 0.2) is 5.82 Å². The Hall–Kier alpha value is -1.55. The molecule has 0 saturated carbocycles. The van der Waals surface area contributed by atoms with Crippen LogP contribution >= 0.6 is 11.6 Å². The minimum atomic E-state index is -0.187. The molecule has 19 heavy (non-hydrogen) atoms. The van der Waals surface area contributed by atoms with Crippen molar-refractivity contribution in [2.24, 2.45) is 0 Å². The van der Waals surface area contributed by atoms with Gasteiger partial charge in [-0.2, -0.15) is 4.98 Å². The molecule has 100 valence electrons. The fourth-order valence-corrected chi connectivity index (χ4v) is 2.39. The molecule has 0 radical (unpaired) electrons. The van der Waals surface area contributed by atoms with Crippen molar-refractivity contribution in [3.63, 3.8) is 0 Å². The molecule has 1 aromatic carbocycles. The average Bonchev–Trinajstić information content (AvgIpc) is 2.95. The van der Waals surface area contributed by atoms with E-state index >= 15 is 0 Å². The van der Waals surface area contributed by atoms with Gasteiger partial charge in [-0.05, 0) is 18.9 Å². The summed E-state index contributed by atoms with van der Waals surface area (Å²) in [6.07, 6.45) is 1.63. The maximum absolute atomic E-state index is 6.13. The number of benzene rings is 1. The molecule has 2 aromatic rings. The van der Waals surface area contributed by atoms with E-state index in [2.05, 4.69) is 10.1 Å². The first-order chi connectivity index (χ1) is 9.29. The van der Waals surface area contributed by atoms with E-state index in [4.69, 9.17) is 20.9 Å². The van der Waals surface area contributed by atoms with Crippen LogP contribution in [-0.2, 0) is 0 Å². The number of alkyl halides is 1. The van der Waals surface area contributed by atoms with E-state index in [0.717, 1.165) is 24.2 Å². The van der Waals surface area contributed by atoms with Gasteiger partial charge in [0.25, 0.3) is 0 Å². The van der Waals surface area contributed by atoms with Crippen molar-refractivity contribution < 1.29 is 9.26 Å². The van der Waals surface area contributed by atoms with Gasteiger partial charge in [0, 0.05) is 5.56 Å². The van der Waals surface area contributed by atoms with Crippen LogP contribution in [0.5, 0.6) is 5.75 Å². The van der Waals surface area contributed by atoms with Gasteiger partial charge in [-0.3, -0.25) is 0 Å². The molecule has 0 spiro atoms. The van der Waals surface area contributed by atoms with Gasteiger partial charge in [0.1, 0.15) is 5.75 Å². The predicted octanol–water partition coefficient (Wildman–Crippen LogP) is 3.67. The van der Waals surface area contributed by atoms with Crippen LogP contribution in [0.1, 0.15) is 48.3 Å². The van der Waals surface area contributed by atoms with Crippen molar-refractivity contribution in [2.45, 2.75) is 31.1 Å². The summed E-state index contributed by atoms with van der Waals surface area (Å²) < 4.78 is 11.0. The van der Waals surface area contributed by atoms with Crippen molar-refractivity contribution in [3.05, 3.63) is 41.5 Å². The van der Waals surface area contributed by atoms with Crippen molar-refractivity contribution in [3.8, 4) is 5.75 Å². The number of rotatable bonds is 3. The maximum Gasteiger partial charge on any atom is 0.234 e. The minimum absolute atomic E-state index is 0.104. The fourth-order valence-electron chi connectivity index (χ4n) is 2.30. The van der Waals surface area contributed by atoms with Crippen molar-refractivity contribution in [2.75, 3.05) is 6.61 Å². The van der Waals surface area contributed by atoms with E-state index in [1.807, 2.05) is 31.2 Å². The Morgan fingerprint density at radius 3 is 3.11 bits per heavy atom. The van der Waals surface area contributed by atoms with Gasteiger partial charge in [-0.1, -0.05) is 30.3 Å². The Labute approximate surface area is 116 Å². The molecule has 1 aliphatic heterocycles. The lowest BCUT2D eigenvalue weighted by Gasteiger charge is -2.22. The van der Waals surface area contributed by atoms with E-state index in [0.29, 0.717) is 18.3 Å². The molecule has 5 heteroatoms. The van der Waals surface area contributed by atoms with Crippen molar-refractivity contribution >= 4 is 11.6 Å². The molecule has 0 fully saturated rings. The molecule has 2 heterocycles. The monoisotopic (exact) mass is 278 g/mol. The number of hydrogen-bond donors (Lipinski definition) is 0. The summed E-state index contributed by atoms with van der Waals surface area (Å²) in [4.78, 5) is 4.44. The van der Waals surface area contributed by atoms with Crippen LogP contribution in [0.25, 0.3) is 0 Å². The maximum atomic E-state index is 6.13. The summed E-state index contributed by atoms with van der Waals surface area (Å²) >= 11 is 6.13. The van der Waals surface area contributed by atoms with Gasteiger partial charge in [0.05, 0.1) is 17.9 Å². The number of fused-ring (bicyclic) bond motifs is 1. The zero-order valence-corrected chi connectivity index (χ0v) is 11.4. The van der Waals surface area contributed by atoms with Crippen LogP contribution in [0.4, 0.5) is 0 Å². The number of nitrogens with zero attached hydrogens (tertiary/aromatic N) is 2. The third-order valence-electron chi connectivity index (χ3n) is 3.35. The Morgan fingerprint density at radius 2 is 2.26 bits per heavy atom. The van der Waals surface area contributed by atoms with E-state index in [1.54, 1.807) is 0 Å². The molecular weight excluding hydrogens is 264 g/mol.